The number of carbonyl (C=O) groups excluding carboxylic acids is 7. The predicted molar refractivity (Wildman–Crippen MR) is 304 cm³/mol. The van der Waals surface area contributed by atoms with Crippen LogP contribution in [0, 0.1) is 22.6 Å². The molecule has 0 bridgehead atoms. The van der Waals surface area contributed by atoms with Crippen molar-refractivity contribution < 1.29 is 38.0 Å². The summed E-state index contributed by atoms with van der Waals surface area (Å²) in [6, 6.07) is 23.4. The Hall–Kier alpha value is -6.78. The van der Waals surface area contributed by atoms with Gasteiger partial charge in [-0.05, 0) is 137 Å². The first kappa shape index (κ1) is 59.9. The summed E-state index contributed by atoms with van der Waals surface area (Å²) < 4.78 is 15.8. The van der Waals surface area contributed by atoms with E-state index in [9.17, 15) is 24.0 Å². The van der Waals surface area contributed by atoms with Crippen LogP contribution in [-0.2, 0) is 43.4 Å². The molecular formula is C63H83FN8O7. The van der Waals surface area contributed by atoms with Gasteiger partial charge in [0, 0.05) is 54.7 Å². The zero-order chi connectivity index (χ0) is 57.5. The molecule has 9 atom stereocenters. The van der Waals surface area contributed by atoms with Gasteiger partial charge in [0.05, 0.1) is 30.2 Å². The summed E-state index contributed by atoms with van der Waals surface area (Å²) in [7, 11) is 3.39. The minimum absolute atomic E-state index is 0.00272. The Morgan fingerprint density at radius 1 is 0.709 bits per heavy atom. The second-order valence-corrected chi connectivity index (χ2v) is 24.1. The van der Waals surface area contributed by atoms with Crippen molar-refractivity contribution in [1.29, 1.82) is 0 Å². The summed E-state index contributed by atoms with van der Waals surface area (Å²) in [5, 5.41) is 15.1. The van der Waals surface area contributed by atoms with Crippen LogP contribution in [0.2, 0.25) is 0 Å². The number of hydrogen-bond acceptors (Lipinski definition) is 9. The van der Waals surface area contributed by atoms with E-state index in [1.54, 1.807) is 75.3 Å². The van der Waals surface area contributed by atoms with Gasteiger partial charge in [0.15, 0.2) is 0 Å². The molecule has 0 saturated carbocycles. The monoisotopic (exact) mass is 1080 g/mol. The summed E-state index contributed by atoms with van der Waals surface area (Å²) in [6.45, 7) is 17.2. The van der Waals surface area contributed by atoms with Gasteiger partial charge >= 0.3 is 0 Å². The molecule has 5 N–H and O–H groups in total. The highest BCUT2D eigenvalue weighted by molar-refractivity contribution is 5.99. The quantitative estimate of drug-likeness (QED) is 0.0629. The third-order valence-electron chi connectivity index (χ3n) is 16.6. The standard InChI is InChI=1S/C63H83FN8O7/c1-38(65-10)54(73)32-31-50(62(4,5)6)60(78)71-35-45-21-13-12-20-44(45)33-47(71)37-70(40(3)48-23-16-17-25-51(48)64)59(77)43-29-27-42(28-30-43)57(75)67-46-34-53(58(76)68-52-26-18-22-41-19-14-15-24-49(41)52)72(36-46)61(79)55(63(7,8)9)69-56(74)39(2)66-11/h12-17,19-21,23-25,27-30,38-40,46-47,50,52-53,55,65-66H,18,22,26,31-37H2,1-11H3,(H,67,75)(H,68,76)(H,69,74). The number of halogens is 1. The Morgan fingerprint density at radius 3 is 1.97 bits per heavy atom. The van der Waals surface area contributed by atoms with Gasteiger partial charge in [0.2, 0.25) is 23.6 Å². The summed E-state index contributed by atoms with van der Waals surface area (Å²) in [5.74, 6) is -3.17. The van der Waals surface area contributed by atoms with Crippen molar-refractivity contribution in [3.05, 3.63) is 142 Å². The lowest BCUT2D eigenvalue weighted by Crippen LogP contribution is -2.59. The number of nitrogens with zero attached hydrogens (tertiary/aromatic N) is 3. The van der Waals surface area contributed by atoms with Gasteiger partial charge in [-0.25, -0.2) is 4.39 Å². The number of likely N-dealkylation sites (tertiary alicyclic amines) is 1. The molecule has 9 unspecified atom stereocenters. The molecule has 7 rings (SSSR count). The molecule has 1 fully saturated rings. The molecule has 1 saturated heterocycles. The van der Waals surface area contributed by atoms with E-state index >= 15 is 14.0 Å². The van der Waals surface area contributed by atoms with Crippen molar-refractivity contribution in [2.75, 3.05) is 27.2 Å². The molecule has 2 heterocycles. The molecule has 16 heteroatoms. The van der Waals surface area contributed by atoms with Crippen LogP contribution in [0.5, 0.6) is 0 Å². The van der Waals surface area contributed by atoms with Gasteiger partial charge in [-0.2, -0.15) is 0 Å². The largest absolute Gasteiger partial charge is 0.347 e. The average molecular weight is 1080 g/mol. The summed E-state index contributed by atoms with van der Waals surface area (Å²) in [5.41, 5.74) is 3.76. The number of rotatable bonds is 19. The molecule has 424 valence electrons. The second kappa shape index (κ2) is 25.6. The van der Waals surface area contributed by atoms with Crippen LogP contribution in [0.1, 0.15) is 155 Å². The van der Waals surface area contributed by atoms with Crippen LogP contribution in [-0.4, -0.2) is 119 Å². The maximum Gasteiger partial charge on any atom is 0.254 e. The Kier molecular flexibility index (Phi) is 19.4. The number of nitrogens with one attached hydrogen (secondary N) is 5. The Labute approximate surface area is 466 Å². The molecule has 1 aliphatic carbocycles. The highest BCUT2D eigenvalue weighted by Crippen LogP contribution is 2.37. The zero-order valence-electron chi connectivity index (χ0n) is 48.1. The number of amides is 6. The number of hydrogen-bond donors (Lipinski definition) is 5. The third kappa shape index (κ3) is 14.2. The van der Waals surface area contributed by atoms with E-state index in [2.05, 4.69) is 32.7 Å². The van der Waals surface area contributed by atoms with Crippen molar-refractivity contribution in [3.8, 4) is 0 Å². The fourth-order valence-electron chi connectivity index (χ4n) is 11.4. The molecule has 6 amide bonds. The first-order valence-electron chi connectivity index (χ1n) is 28.1. The average Bonchev–Trinajstić information content (AvgIpc) is 3.95. The van der Waals surface area contributed by atoms with Gasteiger partial charge < -0.3 is 41.3 Å². The number of carbonyl (C=O) groups is 7. The van der Waals surface area contributed by atoms with Crippen LogP contribution in [0.25, 0.3) is 0 Å². The van der Waals surface area contributed by atoms with E-state index in [0.29, 0.717) is 24.9 Å². The number of likely N-dealkylation sites (N-methyl/N-ethyl adjacent to an activating group) is 2. The maximum atomic E-state index is 15.8. The number of Topliss-reactive ketones (excluding diaryl/α,β-unsaturated/α-hetero) is 1. The molecule has 0 spiro atoms. The minimum Gasteiger partial charge on any atom is -0.347 e. The van der Waals surface area contributed by atoms with Crippen LogP contribution >= 0.6 is 0 Å². The van der Waals surface area contributed by atoms with Crippen LogP contribution in [0.3, 0.4) is 0 Å². The van der Waals surface area contributed by atoms with Crippen LogP contribution in [0.15, 0.2) is 97.1 Å². The molecular weight excluding hydrogens is 1000 g/mol. The van der Waals surface area contributed by atoms with E-state index in [1.807, 2.05) is 95.8 Å². The van der Waals surface area contributed by atoms with Crippen LogP contribution in [0.4, 0.5) is 4.39 Å². The van der Waals surface area contributed by atoms with Crippen LogP contribution < -0.4 is 26.6 Å². The Morgan fingerprint density at radius 2 is 1.33 bits per heavy atom. The van der Waals surface area contributed by atoms with E-state index in [4.69, 9.17) is 0 Å². The van der Waals surface area contributed by atoms with E-state index in [0.717, 1.165) is 41.5 Å². The van der Waals surface area contributed by atoms with Gasteiger partial charge in [-0.1, -0.05) is 108 Å². The van der Waals surface area contributed by atoms with Crippen molar-refractivity contribution in [3.63, 3.8) is 0 Å². The van der Waals surface area contributed by atoms with Crippen molar-refractivity contribution in [1.82, 2.24) is 41.3 Å². The van der Waals surface area contributed by atoms with Crippen molar-refractivity contribution in [2.24, 2.45) is 16.7 Å². The Balaban J connectivity index is 1.14. The smallest absolute Gasteiger partial charge is 0.254 e. The normalized spacial score (nSPS) is 20.1. The summed E-state index contributed by atoms with van der Waals surface area (Å²) >= 11 is 0. The molecule has 0 radical (unpaired) electrons. The van der Waals surface area contributed by atoms with Gasteiger partial charge in [0.1, 0.15) is 23.7 Å². The highest BCUT2D eigenvalue weighted by Gasteiger charge is 2.47. The summed E-state index contributed by atoms with van der Waals surface area (Å²) in [6.07, 6.45) is 3.64. The topological polar surface area (TPSA) is 189 Å². The van der Waals surface area contributed by atoms with Gasteiger partial charge in [0.25, 0.3) is 11.8 Å². The maximum absolute atomic E-state index is 15.8. The zero-order valence-corrected chi connectivity index (χ0v) is 48.1. The van der Waals surface area contributed by atoms with E-state index in [1.165, 1.54) is 11.0 Å². The fourth-order valence-corrected chi connectivity index (χ4v) is 11.4. The highest BCUT2D eigenvalue weighted by atomic mass is 19.1. The lowest BCUT2D eigenvalue weighted by molar-refractivity contribution is -0.144. The Bertz CT molecular complexity index is 2860. The second-order valence-electron chi connectivity index (χ2n) is 24.1. The first-order valence-corrected chi connectivity index (χ1v) is 28.1. The molecule has 0 aromatic heterocycles. The number of ketones is 1. The number of fused-ring (bicyclic) bond motifs is 2. The summed E-state index contributed by atoms with van der Waals surface area (Å²) in [4.78, 5) is 105. The number of benzene rings is 4. The number of aryl methyl sites for hydroxylation is 1. The van der Waals surface area contributed by atoms with Crippen molar-refractivity contribution >= 4 is 41.2 Å². The molecule has 2 aliphatic heterocycles. The van der Waals surface area contributed by atoms with E-state index < -0.39 is 76.5 Å². The first-order chi connectivity index (χ1) is 37.4. The molecule has 4 aromatic carbocycles. The van der Waals surface area contributed by atoms with Crippen molar-refractivity contribution in [2.45, 2.75) is 162 Å². The fraction of sp³-hybridized carbons (Fsp3) is 0.508. The minimum atomic E-state index is -0.992. The molecule has 3 aliphatic rings. The molecule has 4 aromatic rings. The third-order valence-corrected chi connectivity index (χ3v) is 16.6. The van der Waals surface area contributed by atoms with Gasteiger partial charge in [-0.3, -0.25) is 33.6 Å². The van der Waals surface area contributed by atoms with E-state index in [-0.39, 0.29) is 72.6 Å². The van der Waals surface area contributed by atoms with Gasteiger partial charge in [-0.15, -0.1) is 0 Å². The predicted octanol–water partition coefficient (Wildman–Crippen LogP) is 7.63. The molecule has 15 nitrogen and oxygen atoms in total. The lowest BCUT2D eigenvalue weighted by atomic mass is 9.76. The molecule has 79 heavy (non-hydrogen) atoms. The lowest BCUT2D eigenvalue weighted by Gasteiger charge is -2.44. The SMILES string of the molecule is CNC(C)C(=O)CCC(C(=O)N1Cc2ccccc2CC1CN(C(=O)c1ccc(C(=O)NC2CC(C(=O)NC3CCCc4ccccc43)N(C(=O)C(NC(=O)C(C)NC)C(C)(C)C)C2)cc1)C(C)c1ccccc1F)C(C)(C)C.